The molecule has 3 aromatic rings. The summed E-state index contributed by atoms with van der Waals surface area (Å²) in [5.41, 5.74) is 1.83. The first kappa shape index (κ1) is 21.8. The number of anilines is 1. The monoisotopic (exact) mass is 451 g/mol. The van der Waals surface area contributed by atoms with Crippen LogP contribution in [0.15, 0.2) is 54.1 Å². The molecule has 1 saturated heterocycles. The fraction of sp³-hybridized carbons (Fsp3) is 0.250. The zero-order valence-corrected chi connectivity index (χ0v) is 18.9. The van der Waals surface area contributed by atoms with Crippen LogP contribution in [0.25, 0.3) is 5.76 Å². The summed E-state index contributed by atoms with van der Waals surface area (Å²) in [5, 5.41) is 20.0. The molecule has 0 aliphatic carbocycles. The van der Waals surface area contributed by atoms with Crippen LogP contribution in [0, 0.1) is 12.7 Å². The molecule has 2 aromatic carbocycles. The quantitative estimate of drug-likeness (QED) is 0.348. The second kappa shape index (κ2) is 7.94. The molecule has 4 rings (SSSR count). The molecule has 0 bridgehead atoms. The average molecular weight is 452 g/mol. The van der Waals surface area contributed by atoms with Gasteiger partial charge in [-0.1, -0.05) is 56.4 Å². The average Bonchev–Trinajstić information content (AvgIpc) is 3.28. The lowest BCUT2D eigenvalue weighted by molar-refractivity contribution is -0.132. The lowest BCUT2D eigenvalue weighted by Gasteiger charge is -2.24. The van der Waals surface area contributed by atoms with Crippen LogP contribution in [-0.4, -0.2) is 27.0 Å². The Balaban J connectivity index is 1.91. The van der Waals surface area contributed by atoms with Crippen LogP contribution in [0.3, 0.4) is 0 Å². The van der Waals surface area contributed by atoms with E-state index in [1.165, 1.54) is 40.5 Å². The second-order valence-corrected chi connectivity index (χ2v) is 9.81. The topological polar surface area (TPSA) is 83.4 Å². The molecule has 1 aliphatic rings. The van der Waals surface area contributed by atoms with E-state index in [0.29, 0.717) is 10.6 Å². The minimum atomic E-state index is -0.888. The minimum absolute atomic E-state index is 0.0713. The normalized spacial score (nSPS) is 18.4. The predicted molar refractivity (Wildman–Crippen MR) is 121 cm³/mol. The number of rotatable bonds is 3. The van der Waals surface area contributed by atoms with Gasteiger partial charge in [0.15, 0.2) is 0 Å². The van der Waals surface area contributed by atoms with Crippen LogP contribution in [0.5, 0.6) is 0 Å². The lowest BCUT2D eigenvalue weighted by atomic mass is 9.85. The number of halogens is 1. The highest BCUT2D eigenvalue weighted by atomic mass is 32.1. The SMILES string of the molecule is Cc1nnc(N2C(=O)C(=O)/C(=C(\O)c3ccc(F)cc3)C2c2ccc(C(C)(C)C)cc2)s1. The van der Waals surface area contributed by atoms with Gasteiger partial charge in [-0.15, -0.1) is 10.2 Å². The number of nitrogens with zero attached hydrogens (tertiary/aromatic N) is 3. The van der Waals surface area contributed by atoms with Gasteiger partial charge in [0, 0.05) is 5.56 Å². The van der Waals surface area contributed by atoms with Gasteiger partial charge in [-0.25, -0.2) is 4.39 Å². The number of benzene rings is 2. The first-order valence-electron chi connectivity index (χ1n) is 10.1. The molecule has 1 amide bonds. The number of aryl methyl sites for hydroxylation is 1. The van der Waals surface area contributed by atoms with Gasteiger partial charge in [0.2, 0.25) is 5.13 Å². The highest BCUT2D eigenvalue weighted by molar-refractivity contribution is 7.15. The molecule has 8 heteroatoms. The number of aliphatic hydroxyl groups is 1. The summed E-state index contributed by atoms with van der Waals surface area (Å²) in [5.74, 6) is -2.46. The van der Waals surface area contributed by atoms with Crippen LogP contribution in [0.2, 0.25) is 0 Å². The molecule has 164 valence electrons. The molecular weight excluding hydrogens is 429 g/mol. The Kier molecular flexibility index (Phi) is 5.42. The molecule has 0 saturated carbocycles. The highest BCUT2D eigenvalue weighted by Crippen LogP contribution is 2.43. The number of Topliss-reactive ketones (excluding diaryl/α,β-unsaturated/α-hetero) is 1. The number of amides is 1. The number of carbonyl (C=O) groups is 2. The number of ketones is 1. The summed E-state index contributed by atoms with van der Waals surface area (Å²) in [6.07, 6.45) is 0. The van der Waals surface area contributed by atoms with E-state index in [1.807, 2.05) is 24.3 Å². The Labute approximate surface area is 189 Å². The molecule has 0 spiro atoms. The largest absolute Gasteiger partial charge is 0.507 e. The van der Waals surface area contributed by atoms with Crippen LogP contribution < -0.4 is 4.90 Å². The van der Waals surface area contributed by atoms with E-state index in [2.05, 4.69) is 31.0 Å². The van der Waals surface area contributed by atoms with E-state index in [9.17, 15) is 19.1 Å². The maximum absolute atomic E-state index is 13.4. The van der Waals surface area contributed by atoms with Crippen molar-refractivity contribution in [2.45, 2.75) is 39.2 Å². The van der Waals surface area contributed by atoms with Crippen molar-refractivity contribution in [3.8, 4) is 0 Å². The van der Waals surface area contributed by atoms with Crippen molar-refractivity contribution >= 4 is 33.9 Å². The number of carbonyl (C=O) groups excluding carboxylic acids is 2. The van der Waals surface area contributed by atoms with Gasteiger partial charge in [0.05, 0.1) is 11.6 Å². The van der Waals surface area contributed by atoms with Crippen molar-refractivity contribution in [1.82, 2.24) is 10.2 Å². The van der Waals surface area contributed by atoms with Crippen LogP contribution in [0.1, 0.15) is 48.5 Å². The molecule has 1 N–H and O–H groups in total. The molecule has 1 unspecified atom stereocenters. The van der Waals surface area contributed by atoms with Crippen LogP contribution >= 0.6 is 11.3 Å². The molecule has 1 atom stereocenters. The van der Waals surface area contributed by atoms with Gasteiger partial charge < -0.3 is 5.11 Å². The van der Waals surface area contributed by atoms with E-state index in [-0.39, 0.29) is 27.4 Å². The minimum Gasteiger partial charge on any atom is -0.507 e. The van der Waals surface area contributed by atoms with Crippen LogP contribution in [-0.2, 0) is 15.0 Å². The lowest BCUT2D eigenvalue weighted by Crippen LogP contribution is -2.29. The summed E-state index contributed by atoms with van der Waals surface area (Å²) < 4.78 is 13.4. The third kappa shape index (κ3) is 3.82. The van der Waals surface area contributed by atoms with E-state index < -0.39 is 23.5 Å². The predicted octanol–water partition coefficient (Wildman–Crippen LogP) is 4.91. The second-order valence-electron chi connectivity index (χ2n) is 8.65. The van der Waals surface area contributed by atoms with E-state index in [1.54, 1.807) is 6.92 Å². The number of aromatic nitrogens is 2. The number of aliphatic hydroxyl groups excluding tert-OH is 1. The molecule has 2 heterocycles. The van der Waals surface area contributed by atoms with Crippen molar-refractivity contribution in [2.24, 2.45) is 0 Å². The third-order valence-corrected chi connectivity index (χ3v) is 6.21. The highest BCUT2D eigenvalue weighted by Gasteiger charge is 2.48. The Morgan fingerprint density at radius 3 is 2.19 bits per heavy atom. The van der Waals surface area contributed by atoms with Gasteiger partial charge >= 0.3 is 5.91 Å². The van der Waals surface area contributed by atoms with E-state index in [4.69, 9.17) is 0 Å². The van der Waals surface area contributed by atoms with Crippen molar-refractivity contribution in [1.29, 1.82) is 0 Å². The molecule has 1 fully saturated rings. The third-order valence-electron chi connectivity index (χ3n) is 5.38. The molecule has 1 aliphatic heterocycles. The Morgan fingerprint density at radius 1 is 1.03 bits per heavy atom. The maximum atomic E-state index is 13.4. The van der Waals surface area contributed by atoms with E-state index >= 15 is 0 Å². The summed E-state index contributed by atoms with van der Waals surface area (Å²) in [6.45, 7) is 8.02. The molecular formula is C24H22FN3O3S. The van der Waals surface area contributed by atoms with Crippen molar-refractivity contribution < 1.29 is 19.1 Å². The molecule has 1 aromatic heterocycles. The van der Waals surface area contributed by atoms with Gasteiger partial charge in [-0.2, -0.15) is 0 Å². The molecule has 6 nitrogen and oxygen atoms in total. The van der Waals surface area contributed by atoms with Gasteiger partial charge in [0.25, 0.3) is 5.78 Å². The smallest absolute Gasteiger partial charge is 0.301 e. The van der Waals surface area contributed by atoms with E-state index in [0.717, 1.165) is 5.56 Å². The summed E-state index contributed by atoms with van der Waals surface area (Å²) in [7, 11) is 0. The summed E-state index contributed by atoms with van der Waals surface area (Å²) in [6, 6.07) is 11.8. The standard InChI is InChI=1S/C24H22FN3O3S/c1-13-26-27-23(32-13)28-19(14-5-9-16(10-6-14)24(2,3)4)18(21(30)22(28)31)20(29)15-7-11-17(25)12-8-15/h5-12,19,29H,1-4H3/b20-18-. The van der Waals surface area contributed by atoms with Gasteiger partial charge in [-0.05, 0) is 47.7 Å². The first-order valence-corrected chi connectivity index (χ1v) is 10.9. The fourth-order valence-corrected chi connectivity index (χ4v) is 4.37. The maximum Gasteiger partial charge on any atom is 0.301 e. The number of hydrogen-bond donors (Lipinski definition) is 1. The summed E-state index contributed by atoms with van der Waals surface area (Å²) >= 11 is 1.18. The fourth-order valence-electron chi connectivity index (χ4n) is 3.66. The van der Waals surface area contributed by atoms with Gasteiger partial charge in [0.1, 0.15) is 16.6 Å². The zero-order chi connectivity index (χ0) is 23.2. The Morgan fingerprint density at radius 2 is 1.66 bits per heavy atom. The molecule has 32 heavy (non-hydrogen) atoms. The van der Waals surface area contributed by atoms with Gasteiger partial charge in [-0.3, -0.25) is 14.5 Å². The van der Waals surface area contributed by atoms with Crippen molar-refractivity contribution in [3.63, 3.8) is 0 Å². The zero-order valence-electron chi connectivity index (χ0n) is 18.1. The first-order chi connectivity index (χ1) is 15.1. The van der Waals surface area contributed by atoms with Crippen molar-refractivity contribution in [2.75, 3.05) is 4.90 Å². The summed E-state index contributed by atoms with van der Waals surface area (Å²) in [4.78, 5) is 27.4. The van der Waals surface area contributed by atoms with Crippen molar-refractivity contribution in [3.05, 3.63) is 81.6 Å². The van der Waals surface area contributed by atoms with Crippen LogP contribution in [0.4, 0.5) is 9.52 Å². The molecule has 0 radical (unpaired) electrons. The Hall–Kier alpha value is -3.39. The number of hydrogen-bond acceptors (Lipinski definition) is 6. The Bertz CT molecular complexity index is 1220.